The van der Waals surface area contributed by atoms with E-state index in [0.29, 0.717) is 5.82 Å². The molecule has 0 bridgehead atoms. The monoisotopic (exact) mass is 277 g/mol. The fourth-order valence-corrected chi connectivity index (χ4v) is 2.46. The van der Waals surface area contributed by atoms with E-state index in [4.69, 9.17) is 5.84 Å². The predicted molar refractivity (Wildman–Crippen MR) is 74.8 cm³/mol. The summed E-state index contributed by atoms with van der Waals surface area (Å²) in [6, 6.07) is 4.07. The lowest BCUT2D eigenvalue weighted by molar-refractivity contribution is 0.0935. The van der Waals surface area contributed by atoms with Crippen LogP contribution in [0.4, 0.5) is 5.82 Å². The maximum Gasteiger partial charge on any atom is 0.271 e. The van der Waals surface area contributed by atoms with Crippen LogP contribution in [-0.4, -0.2) is 21.9 Å². The summed E-state index contributed by atoms with van der Waals surface area (Å²) in [6.07, 6.45) is 3.66. The quantitative estimate of drug-likeness (QED) is 0.564. The van der Waals surface area contributed by atoms with E-state index >= 15 is 0 Å². The van der Waals surface area contributed by atoms with Crippen molar-refractivity contribution in [2.24, 2.45) is 5.84 Å². The Hall–Kier alpha value is -1.99. The first-order chi connectivity index (χ1) is 9.19. The summed E-state index contributed by atoms with van der Waals surface area (Å²) >= 11 is 1.67. The molecule has 1 atom stereocenters. The third-order valence-corrected chi connectivity index (χ3v) is 3.38. The van der Waals surface area contributed by atoms with Crippen LogP contribution < -0.4 is 16.6 Å². The molecule has 0 aliphatic heterocycles. The van der Waals surface area contributed by atoms with Gasteiger partial charge in [0.15, 0.2) is 5.82 Å². The minimum absolute atomic E-state index is 0.0300. The fraction of sp³-hybridized carbons (Fsp3) is 0.250. The van der Waals surface area contributed by atoms with E-state index < -0.39 is 0 Å². The molecule has 2 aromatic heterocycles. The van der Waals surface area contributed by atoms with Gasteiger partial charge in [0.25, 0.3) is 5.91 Å². The zero-order valence-electron chi connectivity index (χ0n) is 10.5. The van der Waals surface area contributed by atoms with E-state index in [1.54, 1.807) is 11.3 Å². The minimum atomic E-state index is -0.256. The van der Waals surface area contributed by atoms with Crippen LogP contribution in [-0.2, 0) is 6.42 Å². The molecule has 1 unspecified atom stereocenters. The summed E-state index contributed by atoms with van der Waals surface area (Å²) in [5.41, 5.74) is 2.60. The normalized spacial score (nSPS) is 11.9. The molecule has 19 heavy (non-hydrogen) atoms. The molecule has 7 heteroatoms. The van der Waals surface area contributed by atoms with Crippen LogP contribution in [0.2, 0.25) is 0 Å². The molecule has 2 heterocycles. The van der Waals surface area contributed by atoms with E-state index in [1.807, 2.05) is 24.4 Å². The molecule has 0 radical (unpaired) electrons. The number of carbonyl (C=O) groups is 1. The summed E-state index contributed by atoms with van der Waals surface area (Å²) in [4.78, 5) is 21.1. The highest BCUT2D eigenvalue weighted by molar-refractivity contribution is 7.09. The second kappa shape index (κ2) is 6.26. The second-order valence-electron chi connectivity index (χ2n) is 4.09. The molecule has 0 fully saturated rings. The molecule has 2 rings (SSSR count). The summed E-state index contributed by atoms with van der Waals surface area (Å²) in [5, 5.41) is 4.90. The molecule has 0 spiro atoms. The van der Waals surface area contributed by atoms with Gasteiger partial charge in [0.05, 0.1) is 12.4 Å². The molecule has 0 aliphatic rings. The second-order valence-corrected chi connectivity index (χ2v) is 5.12. The molecule has 6 nitrogen and oxygen atoms in total. The van der Waals surface area contributed by atoms with Gasteiger partial charge in [0.2, 0.25) is 0 Å². The summed E-state index contributed by atoms with van der Waals surface area (Å²) in [6.45, 7) is 1.95. The molecule has 0 aromatic carbocycles. The molecule has 2 aromatic rings. The Balaban J connectivity index is 1.96. The highest BCUT2D eigenvalue weighted by Crippen LogP contribution is 2.11. The van der Waals surface area contributed by atoms with Crippen molar-refractivity contribution in [1.29, 1.82) is 0 Å². The van der Waals surface area contributed by atoms with Crippen LogP contribution in [0.15, 0.2) is 29.9 Å². The lowest BCUT2D eigenvalue weighted by atomic mass is 10.2. The number of hydrazine groups is 1. The van der Waals surface area contributed by atoms with Gasteiger partial charge in [0, 0.05) is 17.3 Å². The van der Waals surface area contributed by atoms with Gasteiger partial charge in [-0.3, -0.25) is 9.78 Å². The van der Waals surface area contributed by atoms with Crippen molar-refractivity contribution in [2.45, 2.75) is 19.4 Å². The summed E-state index contributed by atoms with van der Waals surface area (Å²) < 4.78 is 0. The zero-order chi connectivity index (χ0) is 13.7. The smallest absolute Gasteiger partial charge is 0.271 e. The van der Waals surface area contributed by atoms with Crippen LogP contribution in [0.25, 0.3) is 0 Å². The van der Waals surface area contributed by atoms with E-state index in [9.17, 15) is 4.79 Å². The molecule has 1 amide bonds. The first kappa shape index (κ1) is 13.4. The lowest BCUT2D eigenvalue weighted by Crippen LogP contribution is -2.34. The van der Waals surface area contributed by atoms with E-state index in [-0.39, 0.29) is 17.6 Å². The van der Waals surface area contributed by atoms with E-state index in [2.05, 4.69) is 20.7 Å². The average molecular weight is 277 g/mol. The van der Waals surface area contributed by atoms with Gasteiger partial charge in [-0.1, -0.05) is 6.07 Å². The average Bonchev–Trinajstić information content (AvgIpc) is 2.91. The van der Waals surface area contributed by atoms with Crippen LogP contribution in [0.1, 0.15) is 22.3 Å². The number of hydrogen-bond acceptors (Lipinski definition) is 6. The van der Waals surface area contributed by atoms with Gasteiger partial charge in [-0.05, 0) is 18.4 Å². The van der Waals surface area contributed by atoms with Gasteiger partial charge < -0.3 is 10.7 Å². The van der Waals surface area contributed by atoms with Gasteiger partial charge >= 0.3 is 0 Å². The molecule has 4 N–H and O–H groups in total. The van der Waals surface area contributed by atoms with Crippen LogP contribution in [0.3, 0.4) is 0 Å². The molecule has 100 valence electrons. The maximum absolute atomic E-state index is 12.0. The number of anilines is 1. The van der Waals surface area contributed by atoms with Crippen molar-refractivity contribution < 1.29 is 4.79 Å². The Morgan fingerprint density at radius 1 is 1.53 bits per heavy atom. The Morgan fingerprint density at radius 3 is 3.05 bits per heavy atom. The van der Waals surface area contributed by atoms with Crippen molar-refractivity contribution in [2.75, 3.05) is 5.43 Å². The molecule has 0 saturated heterocycles. The van der Waals surface area contributed by atoms with Gasteiger partial charge in [-0.15, -0.1) is 11.3 Å². The largest absolute Gasteiger partial charge is 0.348 e. The Morgan fingerprint density at radius 2 is 2.37 bits per heavy atom. The van der Waals surface area contributed by atoms with Gasteiger partial charge in [-0.25, -0.2) is 10.8 Å². The highest BCUT2D eigenvalue weighted by atomic mass is 32.1. The van der Waals surface area contributed by atoms with Gasteiger partial charge in [0.1, 0.15) is 5.69 Å². The van der Waals surface area contributed by atoms with Crippen LogP contribution in [0.5, 0.6) is 0 Å². The molecule has 0 aliphatic carbocycles. The fourth-order valence-electron chi connectivity index (χ4n) is 1.62. The highest BCUT2D eigenvalue weighted by Gasteiger charge is 2.12. The number of carbonyl (C=O) groups excluding carboxylic acids is 1. The molecular formula is C12H15N5OS. The standard InChI is InChI=1S/C12H15N5OS/c1-8(5-9-3-2-4-19-9)15-12(18)10-6-14-7-11(16-10)17-13/h2-4,6-8H,5,13H2,1H3,(H,15,18)(H,16,17). The van der Waals surface area contributed by atoms with Crippen LogP contribution in [0, 0.1) is 0 Å². The first-order valence-corrected chi connectivity index (χ1v) is 6.69. The minimum Gasteiger partial charge on any atom is -0.348 e. The molecule has 0 saturated carbocycles. The number of aromatic nitrogens is 2. The lowest BCUT2D eigenvalue weighted by Gasteiger charge is -2.12. The number of hydrogen-bond donors (Lipinski definition) is 3. The summed E-state index contributed by atoms with van der Waals surface area (Å²) in [5.74, 6) is 5.33. The van der Waals surface area contributed by atoms with E-state index in [0.717, 1.165) is 6.42 Å². The van der Waals surface area contributed by atoms with Crippen molar-refractivity contribution in [3.63, 3.8) is 0 Å². The number of nitrogens with zero attached hydrogens (tertiary/aromatic N) is 2. The number of thiophene rings is 1. The SMILES string of the molecule is CC(Cc1cccs1)NC(=O)c1cncc(NN)n1. The first-order valence-electron chi connectivity index (χ1n) is 5.81. The Bertz CT molecular complexity index is 543. The van der Waals surface area contributed by atoms with Crippen molar-refractivity contribution in [1.82, 2.24) is 15.3 Å². The number of nitrogen functional groups attached to an aromatic ring is 1. The topological polar surface area (TPSA) is 92.9 Å². The Kier molecular flexibility index (Phi) is 4.43. The number of rotatable bonds is 5. The third kappa shape index (κ3) is 3.73. The van der Waals surface area contributed by atoms with Crippen molar-refractivity contribution in [3.05, 3.63) is 40.5 Å². The van der Waals surface area contributed by atoms with Crippen molar-refractivity contribution >= 4 is 23.1 Å². The number of nitrogens with two attached hydrogens (primary N) is 1. The Labute approximate surface area is 115 Å². The maximum atomic E-state index is 12.0. The number of nitrogens with one attached hydrogen (secondary N) is 2. The predicted octanol–water partition coefficient (Wildman–Crippen LogP) is 1.18. The third-order valence-electron chi connectivity index (χ3n) is 2.48. The van der Waals surface area contributed by atoms with Gasteiger partial charge in [-0.2, -0.15) is 0 Å². The van der Waals surface area contributed by atoms with E-state index in [1.165, 1.54) is 17.3 Å². The van der Waals surface area contributed by atoms with Crippen LogP contribution >= 0.6 is 11.3 Å². The van der Waals surface area contributed by atoms with Crippen molar-refractivity contribution in [3.8, 4) is 0 Å². The summed E-state index contributed by atoms with van der Waals surface area (Å²) in [7, 11) is 0. The molecular weight excluding hydrogens is 262 g/mol. The zero-order valence-corrected chi connectivity index (χ0v) is 11.3. The number of amides is 1.